The van der Waals surface area contributed by atoms with Crippen molar-refractivity contribution < 1.29 is 14.6 Å². The zero-order valence-corrected chi connectivity index (χ0v) is 17.0. The summed E-state index contributed by atoms with van der Waals surface area (Å²) in [6, 6.07) is 5.77. The minimum absolute atomic E-state index is 0.130. The number of ether oxygens (including phenoxy) is 1. The number of hydrogen-bond acceptors (Lipinski definition) is 6. The molecule has 146 valence electrons. The molecule has 0 saturated heterocycles. The predicted molar refractivity (Wildman–Crippen MR) is 108 cm³/mol. The first-order valence-corrected chi connectivity index (χ1v) is 9.81. The second kappa shape index (κ2) is 10.0. The fraction of sp³-hybridized carbons (Fsp3) is 0.421. The monoisotopic (exact) mass is 390 g/mol. The van der Waals surface area contributed by atoms with Gasteiger partial charge in [0.1, 0.15) is 16.5 Å². The van der Waals surface area contributed by atoms with Gasteiger partial charge in [0.25, 0.3) is 0 Å². The molecule has 1 heterocycles. The molecule has 0 aliphatic rings. The summed E-state index contributed by atoms with van der Waals surface area (Å²) in [6.07, 6.45) is 3.31. The first-order chi connectivity index (χ1) is 13.0. The van der Waals surface area contributed by atoms with Gasteiger partial charge in [-0.2, -0.15) is 0 Å². The molecular weight excluding hydrogens is 364 g/mol. The number of nitrogens with one attached hydrogen (secondary N) is 1. The number of carboxylic acid groups (broad SMARTS) is 1. The summed E-state index contributed by atoms with van der Waals surface area (Å²) in [7, 11) is 1.58. The summed E-state index contributed by atoms with van der Waals surface area (Å²) in [4.78, 5) is 18.4. The molecule has 2 aromatic rings. The SMILES string of the molecule is CCCc1nc(S/C(=C\c2ccc(N(CC)CC)cc2OC)C(=O)O)n[nH]1. The number of aromatic amines is 1. The number of aliphatic carboxylic acids is 1. The first kappa shape index (κ1) is 20.8. The fourth-order valence-electron chi connectivity index (χ4n) is 2.65. The maximum absolute atomic E-state index is 11.7. The molecule has 2 N–H and O–H groups in total. The van der Waals surface area contributed by atoms with Gasteiger partial charge in [-0.15, -0.1) is 5.10 Å². The number of aryl methyl sites for hydroxylation is 1. The zero-order valence-electron chi connectivity index (χ0n) is 16.2. The molecule has 0 unspecified atom stereocenters. The summed E-state index contributed by atoms with van der Waals surface area (Å²) in [5, 5.41) is 16.9. The van der Waals surface area contributed by atoms with E-state index in [0.29, 0.717) is 16.5 Å². The Kier molecular flexibility index (Phi) is 7.72. The minimum Gasteiger partial charge on any atom is -0.496 e. The van der Waals surface area contributed by atoms with E-state index in [4.69, 9.17) is 4.74 Å². The smallest absolute Gasteiger partial charge is 0.342 e. The summed E-state index contributed by atoms with van der Waals surface area (Å²) in [5.74, 6) is 0.350. The van der Waals surface area contributed by atoms with Crippen LogP contribution >= 0.6 is 11.8 Å². The van der Waals surface area contributed by atoms with Gasteiger partial charge in [0.05, 0.1) is 7.11 Å². The Hall–Kier alpha value is -2.48. The van der Waals surface area contributed by atoms with Crippen molar-refractivity contribution in [3.63, 3.8) is 0 Å². The van der Waals surface area contributed by atoms with Crippen molar-refractivity contribution in [3.05, 3.63) is 34.5 Å². The maximum atomic E-state index is 11.7. The van der Waals surface area contributed by atoms with Crippen LogP contribution in [-0.4, -0.2) is 46.5 Å². The number of nitrogens with zero attached hydrogens (tertiary/aromatic N) is 3. The van der Waals surface area contributed by atoms with Gasteiger partial charge in [0.2, 0.25) is 5.16 Å². The fourth-order valence-corrected chi connectivity index (χ4v) is 3.37. The molecule has 0 bridgehead atoms. The van der Waals surface area contributed by atoms with Crippen molar-refractivity contribution in [2.75, 3.05) is 25.1 Å². The molecule has 0 atom stereocenters. The lowest BCUT2D eigenvalue weighted by Gasteiger charge is -2.22. The van der Waals surface area contributed by atoms with Gasteiger partial charge in [-0.3, -0.25) is 5.10 Å². The summed E-state index contributed by atoms with van der Waals surface area (Å²) >= 11 is 1.02. The summed E-state index contributed by atoms with van der Waals surface area (Å²) in [6.45, 7) is 8.00. The highest BCUT2D eigenvalue weighted by Crippen LogP contribution is 2.31. The van der Waals surface area contributed by atoms with Crippen LogP contribution in [0.5, 0.6) is 5.75 Å². The number of hydrogen-bond donors (Lipinski definition) is 2. The normalized spacial score (nSPS) is 11.5. The minimum atomic E-state index is -1.03. The first-order valence-electron chi connectivity index (χ1n) is 8.99. The molecule has 0 fully saturated rings. The highest BCUT2D eigenvalue weighted by atomic mass is 32.2. The lowest BCUT2D eigenvalue weighted by molar-refractivity contribution is -0.131. The third-order valence-electron chi connectivity index (χ3n) is 4.04. The van der Waals surface area contributed by atoms with E-state index < -0.39 is 5.97 Å². The van der Waals surface area contributed by atoms with Gasteiger partial charge in [0.15, 0.2) is 0 Å². The number of carboxylic acids is 1. The van der Waals surface area contributed by atoms with Crippen molar-refractivity contribution in [1.82, 2.24) is 15.2 Å². The highest BCUT2D eigenvalue weighted by Gasteiger charge is 2.15. The molecule has 8 heteroatoms. The van der Waals surface area contributed by atoms with E-state index in [2.05, 4.69) is 33.9 Å². The quantitative estimate of drug-likeness (QED) is 0.470. The van der Waals surface area contributed by atoms with E-state index in [1.54, 1.807) is 13.2 Å². The molecule has 0 amide bonds. The lowest BCUT2D eigenvalue weighted by Crippen LogP contribution is -2.21. The molecule has 0 aliphatic heterocycles. The van der Waals surface area contributed by atoms with Crippen LogP contribution in [0.3, 0.4) is 0 Å². The zero-order chi connectivity index (χ0) is 19.8. The van der Waals surface area contributed by atoms with Gasteiger partial charge < -0.3 is 14.7 Å². The predicted octanol–water partition coefficient (Wildman–Crippen LogP) is 3.83. The number of methoxy groups -OCH3 is 1. The molecule has 0 aliphatic carbocycles. The van der Waals surface area contributed by atoms with E-state index in [1.807, 2.05) is 25.1 Å². The van der Waals surface area contributed by atoms with Crippen LogP contribution in [0.15, 0.2) is 28.3 Å². The standard InChI is InChI=1S/C19H26N4O3S/c1-5-8-17-20-19(22-21-17)27-16(18(24)25)11-13-9-10-14(12-15(13)26-4)23(6-2)7-3/h9-12H,5-8H2,1-4H3,(H,24,25)(H,20,21,22)/b16-11-. The number of thioether (sulfide) groups is 1. The number of benzene rings is 1. The van der Waals surface area contributed by atoms with Crippen molar-refractivity contribution in [3.8, 4) is 5.75 Å². The Balaban J connectivity index is 2.31. The largest absolute Gasteiger partial charge is 0.496 e. The molecule has 0 saturated carbocycles. The van der Waals surface area contributed by atoms with Crippen molar-refractivity contribution in [1.29, 1.82) is 0 Å². The number of rotatable bonds is 10. The molecule has 27 heavy (non-hydrogen) atoms. The highest BCUT2D eigenvalue weighted by molar-refractivity contribution is 8.04. The Labute approximate surface area is 163 Å². The third-order valence-corrected chi connectivity index (χ3v) is 4.92. The molecule has 1 aromatic heterocycles. The van der Waals surface area contributed by atoms with Gasteiger partial charge in [-0.1, -0.05) is 6.92 Å². The van der Waals surface area contributed by atoms with Gasteiger partial charge in [0, 0.05) is 36.8 Å². The van der Waals surface area contributed by atoms with Crippen LogP contribution in [0.25, 0.3) is 6.08 Å². The second-order valence-corrected chi connectivity index (χ2v) is 6.84. The van der Waals surface area contributed by atoms with E-state index >= 15 is 0 Å². The number of anilines is 1. The number of carbonyl (C=O) groups is 1. The maximum Gasteiger partial charge on any atom is 0.342 e. The molecule has 7 nitrogen and oxygen atoms in total. The van der Waals surface area contributed by atoms with Crippen molar-refractivity contribution >= 4 is 29.5 Å². The van der Waals surface area contributed by atoms with Gasteiger partial charge in [-0.25, -0.2) is 9.78 Å². The Bertz CT molecular complexity index is 800. The topological polar surface area (TPSA) is 91.3 Å². The van der Waals surface area contributed by atoms with Gasteiger partial charge in [-0.05, 0) is 50.2 Å². The van der Waals surface area contributed by atoms with Crippen molar-refractivity contribution in [2.45, 2.75) is 38.8 Å². The van der Waals surface area contributed by atoms with Gasteiger partial charge >= 0.3 is 5.97 Å². The van der Waals surface area contributed by atoms with E-state index in [9.17, 15) is 9.90 Å². The van der Waals surface area contributed by atoms with Crippen molar-refractivity contribution in [2.24, 2.45) is 0 Å². The Morgan fingerprint density at radius 2 is 2.07 bits per heavy atom. The Morgan fingerprint density at radius 1 is 1.33 bits per heavy atom. The molecular formula is C19H26N4O3S. The number of H-pyrrole nitrogens is 1. The van der Waals surface area contributed by atoms with E-state index in [-0.39, 0.29) is 4.91 Å². The average molecular weight is 391 g/mol. The molecule has 1 aromatic carbocycles. The molecule has 0 radical (unpaired) electrons. The number of aromatic nitrogens is 3. The molecule has 2 rings (SSSR count). The molecule has 0 spiro atoms. The van der Waals surface area contributed by atoms with Crippen LogP contribution < -0.4 is 9.64 Å². The second-order valence-electron chi connectivity index (χ2n) is 5.83. The van der Waals surface area contributed by atoms with Crippen LogP contribution in [0.1, 0.15) is 38.6 Å². The third kappa shape index (κ3) is 5.50. The van der Waals surface area contributed by atoms with E-state index in [0.717, 1.165) is 49.2 Å². The lowest BCUT2D eigenvalue weighted by atomic mass is 10.1. The van der Waals surface area contributed by atoms with Crippen LogP contribution in [-0.2, 0) is 11.2 Å². The van der Waals surface area contributed by atoms with E-state index in [1.165, 1.54) is 0 Å². The van der Waals surface area contributed by atoms with Crippen LogP contribution in [0, 0.1) is 0 Å². The summed E-state index contributed by atoms with van der Waals surface area (Å²) in [5.41, 5.74) is 1.74. The Morgan fingerprint density at radius 3 is 2.67 bits per heavy atom. The summed E-state index contributed by atoms with van der Waals surface area (Å²) < 4.78 is 5.48. The average Bonchev–Trinajstić information content (AvgIpc) is 3.10. The van der Waals surface area contributed by atoms with Crippen LogP contribution in [0.4, 0.5) is 5.69 Å². The van der Waals surface area contributed by atoms with Crippen LogP contribution in [0.2, 0.25) is 0 Å².